The lowest BCUT2D eigenvalue weighted by Gasteiger charge is -1.98. The molecule has 0 aromatic heterocycles. The Morgan fingerprint density at radius 1 is 1.47 bits per heavy atom. The van der Waals surface area contributed by atoms with Crippen LogP contribution in [0.25, 0.3) is 0 Å². The van der Waals surface area contributed by atoms with Gasteiger partial charge in [-0.3, -0.25) is 0 Å². The van der Waals surface area contributed by atoms with E-state index in [0.29, 0.717) is 5.56 Å². The SMILES string of the molecule is CCOC(=O)C#Cc1ccc(Cl)c(C(=O)O)c1. The van der Waals surface area contributed by atoms with Crippen LogP contribution in [0.4, 0.5) is 0 Å². The van der Waals surface area contributed by atoms with Crippen LogP contribution in [0.2, 0.25) is 5.02 Å². The maximum absolute atomic E-state index is 11.0. The average Bonchev–Trinajstić information content (AvgIpc) is 2.28. The number of rotatable bonds is 2. The van der Waals surface area contributed by atoms with Gasteiger partial charge in [-0.25, -0.2) is 9.59 Å². The van der Waals surface area contributed by atoms with Crippen molar-refractivity contribution < 1.29 is 19.4 Å². The van der Waals surface area contributed by atoms with E-state index in [1.54, 1.807) is 6.92 Å². The molecule has 1 aromatic rings. The Hall–Kier alpha value is -1.99. The lowest BCUT2D eigenvalue weighted by atomic mass is 10.1. The van der Waals surface area contributed by atoms with Gasteiger partial charge in [-0.2, -0.15) is 0 Å². The fraction of sp³-hybridized carbons (Fsp3) is 0.167. The highest BCUT2D eigenvalue weighted by atomic mass is 35.5. The number of ether oxygens (including phenoxy) is 1. The van der Waals surface area contributed by atoms with Crippen molar-refractivity contribution in [1.29, 1.82) is 0 Å². The van der Waals surface area contributed by atoms with Gasteiger partial charge in [0.15, 0.2) is 0 Å². The third kappa shape index (κ3) is 3.82. The van der Waals surface area contributed by atoms with Crippen LogP contribution in [0.5, 0.6) is 0 Å². The molecular weight excluding hydrogens is 244 g/mol. The number of carboxylic acids is 1. The number of halogens is 1. The van der Waals surface area contributed by atoms with Gasteiger partial charge in [0.05, 0.1) is 17.2 Å². The zero-order valence-corrected chi connectivity index (χ0v) is 9.75. The fourth-order valence-electron chi connectivity index (χ4n) is 1.06. The minimum atomic E-state index is -1.14. The molecule has 0 aliphatic rings. The fourth-order valence-corrected chi connectivity index (χ4v) is 1.26. The van der Waals surface area contributed by atoms with Gasteiger partial charge in [-0.1, -0.05) is 17.5 Å². The van der Waals surface area contributed by atoms with E-state index in [4.69, 9.17) is 16.7 Å². The molecule has 1 N–H and O–H groups in total. The van der Waals surface area contributed by atoms with Crippen LogP contribution in [0.1, 0.15) is 22.8 Å². The Morgan fingerprint density at radius 3 is 2.76 bits per heavy atom. The van der Waals surface area contributed by atoms with Crippen molar-refractivity contribution in [2.24, 2.45) is 0 Å². The van der Waals surface area contributed by atoms with E-state index in [2.05, 4.69) is 16.6 Å². The second-order valence-corrected chi connectivity index (χ2v) is 3.38. The molecule has 1 rings (SSSR count). The minimum Gasteiger partial charge on any atom is -0.478 e. The Kier molecular flexibility index (Phi) is 4.56. The molecule has 4 nitrogen and oxygen atoms in total. The summed E-state index contributed by atoms with van der Waals surface area (Å²) in [6.07, 6.45) is 0. The molecular formula is C12H9ClO4. The van der Waals surface area contributed by atoms with Gasteiger partial charge in [0.25, 0.3) is 0 Å². The van der Waals surface area contributed by atoms with Gasteiger partial charge in [0, 0.05) is 11.5 Å². The summed E-state index contributed by atoms with van der Waals surface area (Å²) in [6.45, 7) is 1.92. The number of carbonyl (C=O) groups is 2. The molecule has 17 heavy (non-hydrogen) atoms. The quantitative estimate of drug-likeness (QED) is 0.645. The highest BCUT2D eigenvalue weighted by Crippen LogP contribution is 2.17. The van der Waals surface area contributed by atoms with Gasteiger partial charge in [0.2, 0.25) is 0 Å². The smallest absolute Gasteiger partial charge is 0.384 e. The van der Waals surface area contributed by atoms with E-state index >= 15 is 0 Å². The van der Waals surface area contributed by atoms with E-state index in [1.165, 1.54) is 18.2 Å². The van der Waals surface area contributed by atoms with Crippen molar-refractivity contribution in [3.63, 3.8) is 0 Å². The molecule has 0 radical (unpaired) electrons. The van der Waals surface area contributed by atoms with Crippen LogP contribution in [-0.4, -0.2) is 23.7 Å². The van der Waals surface area contributed by atoms with E-state index in [0.717, 1.165) is 0 Å². The van der Waals surface area contributed by atoms with Gasteiger partial charge in [0.1, 0.15) is 0 Å². The number of esters is 1. The molecule has 0 unspecified atom stereocenters. The van der Waals surface area contributed by atoms with Crippen LogP contribution in [0.15, 0.2) is 18.2 Å². The molecule has 0 heterocycles. The van der Waals surface area contributed by atoms with Crippen LogP contribution < -0.4 is 0 Å². The van der Waals surface area contributed by atoms with Gasteiger partial charge >= 0.3 is 11.9 Å². The van der Waals surface area contributed by atoms with Gasteiger partial charge < -0.3 is 9.84 Å². The predicted octanol–water partition coefficient (Wildman–Crippen LogP) is 1.95. The van der Waals surface area contributed by atoms with Crippen molar-refractivity contribution in [2.75, 3.05) is 6.61 Å². The Bertz CT molecular complexity index is 511. The minimum absolute atomic E-state index is 0.0534. The summed E-state index contributed by atoms with van der Waals surface area (Å²) in [5.41, 5.74) is 0.335. The molecule has 88 valence electrons. The maximum atomic E-state index is 11.0. The van der Waals surface area contributed by atoms with Crippen molar-refractivity contribution in [1.82, 2.24) is 0 Å². The second-order valence-electron chi connectivity index (χ2n) is 2.97. The van der Waals surface area contributed by atoms with Crippen LogP contribution >= 0.6 is 11.6 Å². The van der Waals surface area contributed by atoms with Crippen molar-refractivity contribution in [3.8, 4) is 11.8 Å². The molecule has 0 atom stereocenters. The lowest BCUT2D eigenvalue weighted by molar-refractivity contribution is -0.136. The first kappa shape index (κ1) is 13.1. The Balaban J connectivity index is 2.97. The molecule has 0 spiro atoms. The van der Waals surface area contributed by atoms with Crippen molar-refractivity contribution in [3.05, 3.63) is 34.3 Å². The molecule has 0 aliphatic carbocycles. The van der Waals surface area contributed by atoms with Crippen LogP contribution in [0.3, 0.4) is 0 Å². The first-order valence-corrected chi connectivity index (χ1v) is 5.14. The molecule has 0 amide bonds. The monoisotopic (exact) mass is 252 g/mol. The van der Waals surface area contributed by atoms with Crippen molar-refractivity contribution in [2.45, 2.75) is 6.92 Å². The number of hydrogen-bond acceptors (Lipinski definition) is 3. The third-order valence-corrected chi connectivity index (χ3v) is 2.11. The van der Waals surface area contributed by atoms with E-state index in [1.807, 2.05) is 0 Å². The maximum Gasteiger partial charge on any atom is 0.384 e. The molecule has 0 saturated carbocycles. The highest BCUT2D eigenvalue weighted by molar-refractivity contribution is 6.33. The van der Waals surface area contributed by atoms with Gasteiger partial charge in [-0.05, 0) is 25.1 Å². The first-order chi connectivity index (χ1) is 8.04. The number of hydrogen-bond donors (Lipinski definition) is 1. The molecule has 5 heteroatoms. The summed E-state index contributed by atoms with van der Waals surface area (Å²) < 4.78 is 4.61. The topological polar surface area (TPSA) is 63.6 Å². The van der Waals surface area contributed by atoms with E-state index in [9.17, 15) is 9.59 Å². The third-order valence-electron chi connectivity index (χ3n) is 1.78. The summed E-state index contributed by atoms with van der Waals surface area (Å²) in [5, 5.41) is 8.95. The van der Waals surface area contributed by atoms with Crippen LogP contribution in [0, 0.1) is 11.8 Å². The lowest BCUT2D eigenvalue weighted by Crippen LogP contribution is -2.00. The molecule has 1 aromatic carbocycles. The number of benzene rings is 1. The Morgan fingerprint density at radius 2 is 2.18 bits per heavy atom. The summed E-state index contributed by atoms with van der Waals surface area (Å²) in [5.74, 6) is 2.95. The summed E-state index contributed by atoms with van der Waals surface area (Å²) in [7, 11) is 0. The van der Waals surface area contributed by atoms with Crippen molar-refractivity contribution >= 4 is 23.5 Å². The first-order valence-electron chi connectivity index (χ1n) is 4.76. The van der Waals surface area contributed by atoms with Gasteiger partial charge in [-0.15, -0.1) is 0 Å². The standard InChI is InChI=1S/C12H9ClO4/c1-2-17-11(14)6-4-8-3-5-10(13)9(7-8)12(15)16/h3,5,7H,2H2,1H3,(H,15,16). The Labute approximate surface area is 103 Å². The zero-order chi connectivity index (χ0) is 12.8. The highest BCUT2D eigenvalue weighted by Gasteiger charge is 2.08. The van der Waals surface area contributed by atoms with E-state index < -0.39 is 11.9 Å². The summed E-state index contributed by atoms with van der Waals surface area (Å²) in [4.78, 5) is 21.8. The average molecular weight is 253 g/mol. The van der Waals surface area contributed by atoms with E-state index in [-0.39, 0.29) is 17.2 Å². The summed E-state index contributed by atoms with van der Waals surface area (Å²) in [6, 6.07) is 4.25. The largest absolute Gasteiger partial charge is 0.478 e. The summed E-state index contributed by atoms with van der Waals surface area (Å²) >= 11 is 5.68. The van der Waals surface area contributed by atoms with Crippen LogP contribution in [-0.2, 0) is 9.53 Å². The molecule has 0 aliphatic heterocycles. The predicted molar refractivity (Wildman–Crippen MR) is 61.9 cm³/mol. The normalized spacial score (nSPS) is 9.06. The molecule has 0 bridgehead atoms. The number of carbonyl (C=O) groups excluding carboxylic acids is 1. The molecule has 0 fully saturated rings. The zero-order valence-electron chi connectivity index (χ0n) is 8.99. The number of aromatic carboxylic acids is 1. The molecule has 0 saturated heterocycles. The number of carboxylic acid groups (broad SMARTS) is 1. The second kappa shape index (κ2) is 5.92.